The molecule has 0 aliphatic heterocycles. The van der Waals surface area contributed by atoms with Gasteiger partial charge in [-0.25, -0.2) is 4.98 Å². The van der Waals surface area contributed by atoms with E-state index in [4.69, 9.17) is 10.2 Å². The van der Waals surface area contributed by atoms with Crippen molar-refractivity contribution in [1.29, 1.82) is 5.26 Å². The zero-order valence-corrected chi connectivity index (χ0v) is 14.2. The molecule has 0 fully saturated rings. The van der Waals surface area contributed by atoms with E-state index < -0.39 is 0 Å². The van der Waals surface area contributed by atoms with Crippen LogP contribution in [0.3, 0.4) is 0 Å². The molecule has 2 N–H and O–H groups in total. The summed E-state index contributed by atoms with van der Waals surface area (Å²) in [6, 6.07) is 10.5. The minimum Gasteiger partial charge on any atom is -0.463 e. The number of aryl methyl sites for hydroxylation is 1. The fourth-order valence-corrected chi connectivity index (χ4v) is 2.71. The van der Waals surface area contributed by atoms with Gasteiger partial charge in [0.1, 0.15) is 17.6 Å². The van der Waals surface area contributed by atoms with Crippen LogP contribution in [0.1, 0.15) is 18.4 Å². The molecular weight excluding hydrogens is 328 g/mol. The zero-order valence-electron chi connectivity index (χ0n) is 14.2. The second-order valence-corrected chi connectivity index (χ2v) is 5.79. The number of nitrogen functional groups attached to an aromatic ring is 1. The van der Waals surface area contributed by atoms with Crippen LogP contribution >= 0.6 is 0 Å². The molecule has 0 aromatic carbocycles. The molecule has 26 heavy (non-hydrogen) atoms. The van der Waals surface area contributed by atoms with Crippen LogP contribution in [0, 0.1) is 11.3 Å². The van der Waals surface area contributed by atoms with E-state index in [1.165, 1.54) is 6.07 Å². The van der Waals surface area contributed by atoms with Crippen LogP contribution in [0.4, 0.5) is 5.82 Å². The lowest BCUT2D eigenvalue weighted by Gasteiger charge is -2.12. The van der Waals surface area contributed by atoms with Crippen LogP contribution in [0.5, 0.6) is 0 Å². The minimum atomic E-state index is -0.0822. The lowest BCUT2D eigenvalue weighted by atomic mass is 10.0. The summed E-state index contributed by atoms with van der Waals surface area (Å²) in [5, 5.41) is 9.30. The maximum atomic E-state index is 12.1. The van der Waals surface area contributed by atoms with Crippen LogP contribution in [0.25, 0.3) is 22.6 Å². The number of nitriles is 1. The number of furan rings is 1. The van der Waals surface area contributed by atoms with Crippen molar-refractivity contribution in [2.24, 2.45) is 0 Å². The standard InChI is InChI=1S/C20H18N4O2/c1-2-3-4-9-24-13-14(7-8-18(24)25)16-11-15(12-21)20(22)23-19(16)17-6-5-10-26-17/h2,5-8,10-11,13H,1,3-4,9H2,(H2,22,23). The molecule has 0 amide bonds. The average molecular weight is 346 g/mol. The minimum absolute atomic E-state index is 0.0822. The van der Waals surface area contributed by atoms with Crippen molar-refractivity contribution in [2.75, 3.05) is 5.73 Å². The third-order valence-electron chi connectivity index (χ3n) is 4.03. The Morgan fingerprint density at radius 3 is 2.92 bits per heavy atom. The highest BCUT2D eigenvalue weighted by molar-refractivity contribution is 5.81. The van der Waals surface area contributed by atoms with Crippen molar-refractivity contribution in [1.82, 2.24) is 9.55 Å². The van der Waals surface area contributed by atoms with Gasteiger partial charge in [-0.05, 0) is 37.1 Å². The van der Waals surface area contributed by atoms with Crippen LogP contribution in [-0.4, -0.2) is 9.55 Å². The highest BCUT2D eigenvalue weighted by atomic mass is 16.3. The third kappa shape index (κ3) is 3.42. The van der Waals surface area contributed by atoms with Gasteiger partial charge in [0, 0.05) is 29.9 Å². The summed E-state index contributed by atoms with van der Waals surface area (Å²) in [5.74, 6) is 0.683. The molecule has 3 aromatic heterocycles. The summed E-state index contributed by atoms with van der Waals surface area (Å²) in [6.45, 7) is 4.28. The molecule has 6 heteroatoms. The first-order chi connectivity index (χ1) is 12.6. The Labute approximate surface area is 150 Å². The monoisotopic (exact) mass is 346 g/mol. The maximum absolute atomic E-state index is 12.1. The lowest BCUT2D eigenvalue weighted by Crippen LogP contribution is -2.18. The second-order valence-electron chi connectivity index (χ2n) is 5.79. The van der Waals surface area contributed by atoms with Crippen molar-refractivity contribution in [3.63, 3.8) is 0 Å². The third-order valence-corrected chi connectivity index (χ3v) is 4.03. The van der Waals surface area contributed by atoms with E-state index in [9.17, 15) is 10.1 Å². The largest absolute Gasteiger partial charge is 0.463 e. The van der Waals surface area contributed by atoms with E-state index in [1.807, 2.05) is 12.1 Å². The summed E-state index contributed by atoms with van der Waals surface area (Å²) < 4.78 is 7.11. The molecule has 0 saturated carbocycles. The van der Waals surface area contributed by atoms with E-state index in [0.29, 0.717) is 23.6 Å². The Bertz CT molecular complexity index is 1030. The van der Waals surface area contributed by atoms with Gasteiger partial charge in [-0.3, -0.25) is 4.79 Å². The molecule has 0 radical (unpaired) electrons. The van der Waals surface area contributed by atoms with Gasteiger partial charge >= 0.3 is 0 Å². The Hall–Kier alpha value is -3.59. The van der Waals surface area contributed by atoms with Crippen molar-refractivity contribution in [2.45, 2.75) is 19.4 Å². The van der Waals surface area contributed by atoms with Crippen molar-refractivity contribution >= 4 is 5.82 Å². The van der Waals surface area contributed by atoms with Gasteiger partial charge in [-0.15, -0.1) is 6.58 Å². The summed E-state index contributed by atoms with van der Waals surface area (Å²) in [6.07, 6.45) is 6.79. The number of hydrogen-bond acceptors (Lipinski definition) is 5. The van der Waals surface area contributed by atoms with Gasteiger partial charge in [0.25, 0.3) is 5.56 Å². The fraction of sp³-hybridized carbons (Fsp3) is 0.150. The van der Waals surface area contributed by atoms with E-state index >= 15 is 0 Å². The van der Waals surface area contributed by atoms with E-state index in [1.54, 1.807) is 41.3 Å². The van der Waals surface area contributed by atoms with Gasteiger partial charge in [0.2, 0.25) is 0 Å². The number of anilines is 1. The quantitative estimate of drug-likeness (QED) is 0.543. The number of unbranched alkanes of at least 4 members (excludes halogenated alkanes) is 1. The van der Waals surface area contributed by atoms with Gasteiger partial charge in [-0.2, -0.15) is 5.26 Å². The molecule has 0 aliphatic carbocycles. The van der Waals surface area contributed by atoms with Crippen LogP contribution < -0.4 is 11.3 Å². The number of rotatable bonds is 6. The summed E-state index contributed by atoms with van der Waals surface area (Å²) in [7, 11) is 0. The second kappa shape index (κ2) is 7.53. The first-order valence-corrected chi connectivity index (χ1v) is 8.20. The number of nitrogens with two attached hydrogens (primary N) is 1. The molecule has 6 nitrogen and oxygen atoms in total. The zero-order chi connectivity index (χ0) is 18.5. The molecule has 0 atom stereocenters. The molecule has 3 heterocycles. The van der Waals surface area contributed by atoms with Gasteiger partial charge in [0.05, 0.1) is 11.8 Å². The number of nitrogens with zero attached hydrogens (tertiary/aromatic N) is 3. The molecule has 0 spiro atoms. The molecule has 3 rings (SSSR count). The topological polar surface area (TPSA) is 97.8 Å². The van der Waals surface area contributed by atoms with Gasteiger partial charge in [-0.1, -0.05) is 6.08 Å². The maximum Gasteiger partial charge on any atom is 0.250 e. The first-order valence-electron chi connectivity index (χ1n) is 8.20. The Morgan fingerprint density at radius 2 is 2.23 bits per heavy atom. The van der Waals surface area contributed by atoms with Crippen molar-refractivity contribution < 1.29 is 4.42 Å². The number of allylic oxidation sites excluding steroid dienone is 1. The molecule has 0 saturated heterocycles. The van der Waals surface area contributed by atoms with E-state index in [-0.39, 0.29) is 16.9 Å². The van der Waals surface area contributed by atoms with Gasteiger partial charge < -0.3 is 14.7 Å². The number of hydrogen-bond donors (Lipinski definition) is 1. The van der Waals surface area contributed by atoms with Crippen molar-refractivity contribution in [3.05, 3.63) is 71.4 Å². The van der Waals surface area contributed by atoms with Gasteiger partial charge in [0.15, 0.2) is 5.76 Å². The Balaban J connectivity index is 2.14. The van der Waals surface area contributed by atoms with E-state index in [0.717, 1.165) is 18.4 Å². The fourth-order valence-electron chi connectivity index (χ4n) is 2.71. The molecule has 130 valence electrons. The normalized spacial score (nSPS) is 10.4. The SMILES string of the molecule is C=CCCCn1cc(-c2cc(C#N)c(N)nc2-c2ccco2)ccc1=O. The first kappa shape index (κ1) is 17.2. The molecular formula is C20H18N4O2. The van der Waals surface area contributed by atoms with Crippen LogP contribution in [0.2, 0.25) is 0 Å². The van der Waals surface area contributed by atoms with E-state index in [2.05, 4.69) is 11.6 Å². The molecule has 3 aromatic rings. The Kier molecular flexibility index (Phi) is 4.99. The number of aromatic nitrogens is 2. The number of pyridine rings is 2. The molecule has 0 aliphatic rings. The van der Waals surface area contributed by atoms with Crippen molar-refractivity contribution in [3.8, 4) is 28.7 Å². The predicted octanol–water partition coefficient (Wildman–Crippen LogP) is 3.59. The average Bonchev–Trinajstić information content (AvgIpc) is 3.18. The Morgan fingerprint density at radius 1 is 1.38 bits per heavy atom. The smallest absolute Gasteiger partial charge is 0.250 e. The summed E-state index contributed by atoms with van der Waals surface area (Å²) in [4.78, 5) is 16.5. The molecule has 0 unspecified atom stereocenters. The lowest BCUT2D eigenvalue weighted by molar-refractivity contribution is 0.580. The summed E-state index contributed by atoms with van der Waals surface area (Å²) >= 11 is 0. The summed E-state index contributed by atoms with van der Waals surface area (Å²) in [5.41, 5.74) is 8.05. The predicted molar refractivity (Wildman–Crippen MR) is 100 cm³/mol. The molecule has 0 bridgehead atoms. The van der Waals surface area contributed by atoms with Crippen LogP contribution in [0.15, 0.2) is 64.7 Å². The van der Waals surface area contributed by atoms with Crippen LogP contribution in [-0.2, 0) is 6.54 Å². The highest BCUT2D eigenvalue weighted by Crippen LogP contribution is 2.32. The highest BCUT2D eigenvalue weighted by Gasteiger charge is 2.16.